The molecule has 68 heavy (non-hydrogen) atoms. The molecule has 3 saturated heterocycles. The van der Waals surface area contributed by atoms with E-state index in [0.717, 1.165) is 19.6 Å². The number of hydrogen-bond donors (Lipinski definition) is 9. The molecule has 0 saturated carbocycles. The molecule has 3 aliphatic rings. The lowest BCUT2D eigenvalue weighted by molar-refractivity contribution is -0.124. The minimum absolute atomic E-state index is 0.0657. The largest absolute Gasteiger partial charge is 0.444 e. The van der Waals surface area contributed by atoms with Crippen LogP contribution in [0.1, 0.15) is 6.42 Å². The Bertz CT molecular complexity index is 1180. The highest BCUT2D eigenvalue weighted by atomic mass is 32.1. The molecule has 0 aromatic rings. The molecule has 0 spiro atoms. The van der Waals surface area contributed by atoms with Gasteiger partial charge in [-0.3, -0.25) is 4.79 Å². The van der Waals surface area contributed by atoms with Gasteiger partial charge in [-0.05, 0) is 12.2 Å². The standard InChI is InChI=1S/C44H87N9O14S/c1-3-56-14-15-59-20-21-62-26-29-65-30-31-66-32-33-67-40-51-42(68)53-44-37-48-8-5-45-34-43(35-46-6-9-49-38-44,36-47-7-10-50-39-44)52-41(54)4-11-57-16-17-60-22-23-63-27-28-64-25-24-61-19-18-58-13-12-55-2/h1,45-50H,4-40H2,2H3,(H,52,54)(H2,51,53,68). The molecule has 1 amide bonds. The van der Waals surface area contributed by atoms with Crippen molar-refractivity contribution in [1.82, 2.24) is 47.9 Å². The van der Waals surface area contributed by atoms with Crippen molar-refractivity contribution in [3.8, 4) is 12.5 Å². The number of methoxy groups -OCH3 is 1. The number of amides is 1. The smallest absolute Gasteiger partial charge is 0.222 e. The third kappa shape index (κ3) is 36.7. The van der Waals surface area contributed by atoms with Crippen molar-refractivity contribution in [2.75, 3.05) is 244 Å². The van der Waals surface area contributed by atoms with Crippen molar-refractivity contribution in [1.29, 1.82) is 0 Å². The lowest BCUT2D eigenvalue weighted by Crippen LogP contribution is -2.68. The Hall–Kier alpha value is -2.20. The zero-order chi connectivity index (χ0) is 48.6. The van der Waals surface area contributed by atoms with Crippen LogP contribution < -0.4 is 47.9 Å². The number of terminal acetylenes is 1. The maximum Gasteiger partial charge on any atom is 0.222 e. The monoisotopic (exact) mass is 998 g/mol. The van der Waals surface area contributed by atoms with E-state index in [4.69, 9.17) is 80.2 Å². The summed E-state index contributed by atoms with van der Waals surface area (Å²) < 4.78 is 70.5. The summed E-state index contributed by atoms with van der Waals surface area (Å²) in [6.07, 6.45) is 7.34. The van der Waals surface area contributed by atoms with Gasteiger partial charge in [0.05, 0.1) is 156 Å². The van der Waals surface area contributed by atoms with Gasteiger partial charge in [-0.1, -0.05) is 6.42 Å². The van der Waals surface area contributed by atoms with Gasteiger partial charge in [0.1, 0.15) is 19.4 Å². The first kappa shape index (κ1) is 61.9. The Morgan fingerprint density at radius 3 is 1.09 bits per heavy atom. The summed E-state index contributed by atoms with van der Waals surface area (Å²) in [4.78, 5) is 13.3. The Morgan fingerprint density at radius 1 is 0.456 bits per heavy atom. The summed E-state index contributed by atoms with van der Waals surface area (Å²) in [7, 11) is 1.64. The van der Waals surface area contributed by atoms with Crippen LogP contribution in [0, 0.1) is 12.5 Å². The molecule has 0 unspecified atom stereocenters. The van der Waals surface area contributed by atoms with Gasteiger partial charge >= 0.3 is 0 Å². The van der Waals surface area contributed by atoms with Gasteiger partial charge in [-0.15, -0.1) is 0 Å². The van der Waals surface area contributed by atoms with Crippen LogP contribution in [0.3, 0.4) is 0 Å². The lowest BCUT2D eigenvalue weighted by Gasteiger charge is -2.39. The van der Waals surface area contributed by atoms with Crippen LogP contribution in [-0.2, 0) is 66.4 Å². The molecule has 23 nitrogen and oxygen atoms in total. The molecule has 0 aromatic heterocycles. The summed E-state index contributed by atoms with van der Waals surface area (Å²) in [6, 6.07) is 0. The average Bonchev–Trinajstić information content (AvgIpc) is 3.33. The molecule has 398 valence electrons. The molecule has 24 heteroatoms. The van der Waals surface area contributed by atoms with Crippen molar-refractivity contribution in [3.05, 3.63) is 0 Å². The van der Waals surface area contributed by atoms with E-state index in [1.165, 1.54) is 0 Å². The highest BCUT2D eigenvalue weighted by Crippen LogP contribution is 2.06. The Labute approximate surface area is 410 Å². The summed E-state index contributed by atoms with van der Waals surface area (Å²) in [5, 5.41) is 32.2. The fraction of sp³-hybridized carbons (Fsp3) is 0.909. The number of thiocarbonyl (C=S) groups is 1. The number of nitrogens with one attached hydrogen (secondary N) is 9. The number of carbonyl (C=O) groups is 1. The second-order valence-electron chi connectivity index (χ2n) is 15.7. The molecule has 0 radical (unpaired) electrons. The lowest BCUT2D eigenvalue weighted by atomic mass is 9.97. The van der Waals surface area contributed by atoms with E-state index in [1.807, 2.05) is 0 Å². The van der Waals surface area contributed by atoms with Crippen molar-refractivity contribution < 1.29 is 66.4 Å². The van der Waals surface area contributed by atoms with Crippen LogP contribution in [0.25, 0.3) is 0 Å². The fourth-order valence-corrected chi connectivity index (χ4v) is 6.79. The van der Waals surface area contributed by atoms with Gasteiger partial charge in [-0.25, -0.2) is 0 Å². The molecule has 0 aliphatic carbocycles. The second-order valence-corrected chi connectivity index (χ2v) is 16.1. The first-order valence-electron chi connectivity index (χ1n) is 24.1. The van der Waals surface area contributed by atoms with E-state index in [2.05, 4.69) is 54.0 Å². The molecule has 2 bridgehead atoms. The number of ether oxygens (including phenoxy) is 13. The number of fused-ring (bicyclic) bond motifs is 15. The van der Waals surface area contributed by atoms with Crippen LogP contribution in [0.5, 0.6) is 0 Å². The third-order valence-electron chi connectivity index (χ3n) is 10.0. The van der Waals surface area contributed by atoms with Crippen molar-refractivity contribution >= 4 is 23.2 Å². The first-order valence-corrected chi connectivity index (χ1v) is 24.5. The molecule has 3 fully saturated rings. The minimum Gasteiger partial charge on any atom is -0.444 e. The fourth-order valence-electron chi connectivity index (χ4n) is 6.52. The summed E-state index contributed by atoms with van der Waals surface area (Å²) in [5.74, 6) is -0.0657. The van der Waals surface area contributed by atoms with Crippen molar-refractivity contribution in [2.45, 2.75) is 17.5 Å². The van der Waals surface area contributed by atoms with Gasteiger partial charge in [0.2, 0.25) is 5.91 Å². The molecular formula is C44H87N9O14S. The average molecular weight is 998 g/mol. The summed E-state index contributed by atoms with van der Waals surface area (Å²) in [5.41, 5.74) is -0.975. The van der Waals surface area contributed by atoms with Gasteiger partial charge in [0.15, 0.2) is 5.11 Å². The van der Waals surface area contributed by atoms with Crippen molar-refractivity contribution in [3.63, 3.8) is 0 Å². The number of rotatable bonds is 40. The summed E-state index contributed by atoms with van der Waals surface area (Å²) >= 11 is 5.73. The topological polar surface area (TPSA) is 245 Å². The molecule has 0 aromatic carbocycles. The predicted octanol–water partition coefficient (Wildman–Crippen LogP) is -3.61. The number of hydrogen-bond acceptors (Lipinski definition) is 21. The molecular weight excluding hydrogens is 911 g/mol. The van der Waals surface area contributed by atoms with Gasteiger partial charge in [0, 0.05) is 92.1 Å². The van der Waals surface area contributed by atoms with Crippen LogP contribution in [0.4, 0.5) is 0 Å². The Morgan fingerprint density at radius 2 is 0.750 bits per heavy atom. The van der Waals surface area contributed by atoms with Gasteiger partial charge in [-0.2, -0.15) is 0 Å². The van der Waals surface area contributed by atoms with E-state index in [1.54, 1.807) is 7.11 Å². The Balaban J connectivity index is 1.58. The maximum atomic E-state index is 13.3. The predicted molar refractivity (Wildman–Crippen MR) is 260 cm³/mol. The molecule has 3 heterocycles. The zero-order valence-corrected chi connectivity index (χ0v) is 41.7. The highest BCUT2D eigenvalue weighted by Gasteiger charge is 2.33. The zero-order valence-electron chi connectivity index (χ0n) is 40.9. The van der Waals surface area contributed by atoms with Gasteiger partial charge in [0.25, 0.3) is 0 Å². The quantitative estimate of drug-likeness (QED) is 0.0125. The van der Waals surface area contributed by atoms with Crippen LogP contribution in [-0.4, -0.2) is 266 Å². The van der Waals surface area contributed by atoms with Crippen LogP contribution >= 0.6 is 12.2 Å². The number of carbonyl (C=O) groups excluding carboxylic acids is 1. The molecule has 3 rings (SSSR count). The van der Waals surface area contributed by atoms with E-state index in [0.29, 0.717) is 216 Å². The molecule has 9 N–H and O–H groups in total. The van der Waals surface area contributed by atoms with Crippen LogP contribution in [0.2, 0.25) is 0 Å². The van der Waals surface area contributed by atoms with E-state index in [9.17, 15) is 4.79 Å². The molecule has 0 atom stereocenters. The SMILES string of the molecule is C#COCCOCCOCCOCCOCCOCNC(=S)NC12CNCCNCC(NC(=O)CCOCCOCCOCCOCCOCCOCCOC)(CNCCNC1)CNCCNC2. The maximum absolute atomic E-state index is 13.3. The van der Waals surface area contributed by atoms with Gasteiger partial charge < -0.3 is 109 Å². The molecule has 3 aliphatic heterocycles. The van der Waals surface area contributed by atoms with Crippen molar-refractivity contribution in [2.24, 2.45) is 0 Å². The normalized spacial score (nSPS) is 19.7. The first-order chi connectivity index (χ1) is 33.5. The minimum atomic E-state index is -0.550. The van der Waals surface area contributed by atoms with E-state index in [-0.39, 0.29) is 19.1 Å². The highest BCUT2D eigenvalue weighted by molar-refractivity contribution is 7.80. The summed E-state index contributed by atoms with van der Waals surface area (Å²) in [6.45, 7) is 18.9. The third-order valence-corrected chi connectivity index (χ3v) is 10.2. The van der Waals surface area contributed by atoms with Crippen LogP contribution in [0.15, 0.2) is 0 Å². The van der Waals surface area contributed by atoms with E-state index >= 15 is 0 Å². The van der Waals surface area contributed by atoms with E-state index < -0.39 is 11.1 Å². The second kappa shape index (κ2) is 45.9. The Kier molecular flexibility index (Phi) is 41.8.